The Bertz CT molecular complexity index is 700. The number of hydrogen-bond acceptors (Lipinski definition) is 4. The molecule has 0 fully saturated rings. The van der Waals surface area contributed by atoms with Crippen molar-refractivity contribution in [2.45, 2.75) is 18.8 Å². The first kappa shape index (κ1) is 15.7. The van der Waals surface area contributed by atoms with Gasteiger partial charge < -0.3 is 5.32 Å². The molecule has 9 heteroatoms. The number of pyridine rings is 1. The minimum Gasteiger partial charge on any atom is -0.339 e. The number of rotatable bonds is 4. The number of aromatic nitrogens is 3. The van der Waals surface area contributed by atoms with Crippen LogP contribution in [0.2, 0.25) is 0 Å². The Morgan fingerprint density at radius 1 is 1.32 bits per heavy atom. The lowest BCUT2D eigenvalue weighted by atomic mass is 10.1. The molecular weight excluding hydrogens is 301 g/mol. The maximum absolute atomic E-state index is 13.1. The minimum absolute atomic E-state index is 0.193. The minimum atomic E-state index is -4.68. The molecule has 0 aliphatic heterocycles. The first-order valence-corrected chi connectivity index (χ1v) is 6.15. The fourth-order valence-electron chi connectivity index (χ4n) is 1.77. The number of amides is 1. The largest absolute Gasteiger partial charge is 0.412 e. The molecule has 0 aliphatic carbocycles. The van der Waals surface area contributed by atoms with Gasteiger partial charge in [-0.25, -0.2) is 9.78 Å². The van der Waals surface area contributed by atoms with Gasteiger partial charge >= 0.3 is 11.9 Å². The van der Waals surface area contributed by atoms with E-state index in [-0.39, 0.29) is 5.56 Å². The predicted molar refractivity (Wildman–Crippen MR) is 69.7 cm³/mol. The van der Waals surface area contributed by atoms with Crippen LogP contribution in [0.3, 0.4) is 0 Å². The van der Waals surface area contributed by atoms with Crippen LogP contribution in [0.1, 0.15) is 11.6 Å². The summed E-state index contributed by atoms with van der Waals surface area (Å²) >= 11 is 0. The van der Waals surface area contributed by atoms with Gasteiger partial charge in [0.2, 0.25) is 5.91 Å². The number of carbonyl (C=O) groups excluding carboxylic acids is 1. The zero-order chi connectivity index (χ0) is 16.2. The molecule has 0 radical (unpaired) electrons. The summed E-state index contributed by atoms with van der Waals surface area (Å²) in [7, 11) is 0. The molecule has 1 amide bonds. The van der Waals surface area contributed by atoms with E-state index in [1.54, 1.807) is 0 Å². The van der Waals surface area contributed by atoms with Crippen LogP contribution in [0.15, 0.2) is 47.8 Å². The van der Waals surface area contributed by atoms with Crippen molar-refractivity contribution in [3.05, 3.63) is 59.0 Å². The van der Waals surface area contributed by atoms with Crippen LogP contribution in [-0.2, 0) is 11.3 Å². The second-order valence-corrected chi connectivity index (χ2v) is 4.36. The molecule has 0 aromatic carbocycles. The third kappa shape index (κ3) is 3.90. The number of alkyl halides is 3. The van der Waals surface area contributed by atoms with E-state index in [1.807, 2.05) is 5.32 Å². The Kier molecular flexibility index (Phi) is 4.54. The normalized spacial score (nSPS) is 12.7. The Morgan fingerprint density at radius 3 is 2.68 bits per heavy atom. The van der Waals surface area contributed by atoms with E-state index in [9.17, 15) is 22.8 Å². The van der Waals surface area contributed by atoms with Gasteiger partial charge in [-0.15, -0.1) is 0 Å². The molecule has 2 rings (SSSR count). The Morgan fingerprint density at radius 2 is 2.09 bits per heavy atom. The summed E-state index contributed by atoms with van der Waals surface area (Å²) in [5, 5.41) is 1.86. The van der Waals surface area contributed by atoms with Gasteiger partial charge in [0.25, 0.3) is 0 Å². The SMILES string of the molecule is O=C(Cn1cccnc1=O)NC(c1cccnc1)C(F)(F)F. The van der Waals surface area contributed by atoms with Crippen LogP contribution in [0.25, 0.3) is 0 Å². The first-order valence-electron chi connectivity index (χ1n) is 6.15. The summed E-state index contributed by atoms with van der Waals surface area (Å²) in [4.78, 5) is 30.1. The lowest BCUT2D eigenvalue weighted by Gasteiger charge is -2.21. The van der Waals surface area contributed by atoms with Crippen LogP contribution < -0.4 is 11.0 Å². The van der Waals surface area contributed by atoms with E-state index in [1.165, 1.54) is 36.8 Å². The van der Waals surface area contributed by atoms with Crippen molar-refractivity contribution < 1.29 is 18.0 Å². The average Bonchev–Trinajstić information content (AvgIpc) is 2.47. The topological polar surface area (TPSA) is 76.9 Å². The molecule has 0 saturated carbocycles. The van der Waals surface area contributed by atoms with Crippen molar-refractivity contribution in [3.63, 3.8) is 0 Å². The second kappa shape index (κ2) is 6.37. The van der Waals surface area contributed by atoms with Crippen molar-refractivity contribution in [2.75, 3.05) is 0 Å². The maximum Gasteiger partial charge on any atom is 0.412 e. The fraction of sp³-hybridized carbons (Fsp3) is 0.231. The summed E-state index contributed by atoms with van der Waals surface area (Å²) in [5.74, 6) is -0.957. The van der Waals surface area contributed by atoms with Gasteiger partial charge in [-0.3, -0.25) is 14.3 Å². The lowest BCUT2D eigenvalue weighted by Crippen LogP contribution is -2.41. The Balaban J connectivity index is 2.16. The molecule has 1 N–H and O–H groups in total. The molecule has 2 heterocycles. The molecule has 2 aromatic heterocycles. The number of nitrogens with one attached hydrogen (secondary N) is 1. The van der Waals surface area contributed by atoms with Gasteiger partial charge in [-0.1, -0.05) is 6.07 Å². The van der Waals surface area contributed by atoms with Crippen molar-refractivity contribution in [1.29, 1.82) is 0 Å². The first-order chi connectivity index (χ1) is 10.4. The zero-order valence-corrected chi connectivity index (χ0v) is 11.1. The molecule has 1 unspecified atom stereocenters. The van der Waals surface area contributed by atoms with Crippen molar-refractivity contribution in [2.24, 2.45) is 0 Å². The molecular formula is C13H11F3N4O2. The van der Waals surface area contributed by atoms with Crippen LogP contribution in [-0.4, -0.2) is 26.6 Å². The van der Waals surface area contributed by atoms with Gasteiger partial charge in [0.15, 0.2) is 6.04 Å². The molecule has 2 aromatic rings. The smallest absolute Gasteiger partial charge is 0.339 e. The molecule has 0 bridgehead atoms. The Hall–Kier alpha value is -2.71. The van der Waals surface area contributed by atoms with Gasteiger partial charge in [-0.2, -0.15) is 13.2 Å². The number of hydrogen-bond donors (Lipinski definition) is 1. The highest BCUT2D eigenvalue weighted by Crippen LogP contribution is 2.32. The molecule has 0 spiro atoms. The lowest BCUT2D eigenvalue weighted by molar-refractivity contribution is -0.163. The van der Waals surface area contributed by atoms with E-state index < -0.39 is 30.4 Å². The summed E-state index contributed by atoms with van der Waals surface area (Å²) in [6, 6.07) is 1.76. The molecule has 6 nitrogen and oxygen atoms in total. The number of carbonyl (C=O) groups is 1. The van der Waals surface area contributed by atoms with E-state index in [0.717, 1.165) is 10.8 Å². The number of nitrogens with zero attached hydrogens (tertiary/aromatic N) is 3. The average molecular weight is 312 g/mol. The van der Waals surface area contributed by atoms with Crippen molar-refractivity contribution >= 4 is 5.91 Å². The van der Waals surface area contributed by atoms with Gasteiger partial charge in [0, 0.05) is 30.4 Å². The summed E-state index contributed by atoms with van der Waals surface area (Å²) in [6.07, 6.45) is 0.160. The van der Waals surface area contributed by atoms with Crippen LogP contribution in [0, 0.1) is 0 Å². The van der Waals surface area contributed by atoms with Gasteiger partial charge in [0.05, 0.1) is 0 Å². The Labute approximate surface area is 122 Å². The highest BCUT2D eigenvalue weighted by atomic mass is 19.4. The zero-order valence-electron chi connectivity index (χ0n) is 11.1. The molecule has 0 saturated heterocycles. The van der Waals surface area contributed by atoms with Gasteiger partial charge in [0.1, 0.15) is 6.54 Å². The van der Waals surface area contributed by atoms with Crippen molar-refractivity contribution in [1.82, 2.24) is 19.9 Å². The highest BCUT2D eigenvalue weighted by molar-refractivity contribution is 5.76. The fourth-order valence-corrected chi connectivity index (χ4v) is 1.77. The third-order valence-electron chi connectivity index (χ3n) is 2.75. The van der Waals surface area contributed by atoms with Gasteiger partial charge in [-0.05, 0) is 12.1 Å². The molecule has 0 aliphatic rings. The number of halogens is 3. The van der Waals surface area contributed by atoms with Crippen LogP contribution in [0.4, 0.5) is 13.2 Å². The summed E-state index contributed by atoms with van der Waals surface area (Å²) in [5.41, 5.74) is -0.913. The van der Waals surface area contributed by atoms with Crippen molar-refractivity contribution in [3.8, 4) is 0 Å². The third-order valence-corrected chi connectivity index (χ3v) is 2.75. The maximum atomic E-state index is 13.1. The molecule has 116 valence electrons. The van der Waals surface area contributed by atoms with E-state index >= 15 is 0 Å². The predicted octanol–water partition coefficient (Wildman–Crippen LogP) is 1.06. The summed E-state index contributed by atoms with van der Waals surface area (Å²) < 4.78 is 40.1. The van der Waals surface area contributed by atoms with Crippen LogP contribution >= 0.6 is 0 Å². The molecule has 1 atom stereocenters. The van der Waals surface area contributed by atoms with E-state index in [0.29, 0.717) is 0 Å². The molecule has 22 heavy (non-hydrogen) atoms. The monoisotopic (exact) mass is 312 g/mol. The van der Waals surface area contributed by atoms with Crippen LogP contribution in [0.5, 0.6) is 0 Å². The highest BCUT2D eigenvalue weighted by Gasteiger charge is 2.42. The van der Waals surface area contributed by atoms with E-state index in [2.05, 4.69) is 9.97 Å². The summed E-state index contributed by atoms with van der Waals surface area (Å²) in [6.45, 7) is -0.556. The standard InChI is InChI=1S/C13H11F3N4O2/c14-13(15,16)11(9-3-1-4-17-7-9)19-10(21)8-20-6-2-5-18-12(20)22/h1-7,11H,8H2,(H,19,21). The second-order valence-electron chi connectivity index (χ2n) is 4.36. The van der Waals surface area contributed by atoms with E-state index in [4.69, 9.17) is 0 Å². The quantitative estimate of drug-likeness (QED) is 0.916.